The van der Waals surface area contributed by atoms with Crippen LogP contribution in [0.25, 0.3) is 121 Å². The molecule has 0 spiro atoms. The minimum atomic E-state index is 1.19. The Morgan fingerprint density at radius 2 is 0.452 bits per heavy atom. The van der Waals surface area contributed by atoms with Crippen LogP contribution in [0, 0.1) is 0 Å². The Balaban J connectivity index is 0.993. The van der Waals surface area contributed by atoms with Crippen LogP contribution >= 0.6 is 0 Å². The maximum atomic E-state index is 2.39. The molecule has 0 aromatic heterocycles. The molecular weight excluding hydrogens is 745 g/mol. The van der Waals surface area contributed by atoms with Crippen molar-refractivity contribution in [1.82, 2.24) is 0 Å². The summed E-state index contributed by atoms with van der Waals surface area (Å²) < 4.78 is 0. The highest BCUT2D eigenvalue weighted by atomic mass is 14.2. The second kappa shape index (κ2) is 14.9. The third kappa shape index (κ3) is 5.92. The van der Waals surface area contributed by atoms with Gasteiger partial charge in [0.25, 0.3) is 0 Å². The van der Waals surface area contributed by atoms with Crippen molar-refractivity contribution in [2.75, 3.05) is 0 Å². The molecule has 0 aliphatic carbocycles. The zero-order valence-electron chi connectivity index (χ0n) is 34.1. The van der Waals surface area contributed by atoms with Crippen LogP contribution in [-0.4, -0.2) is 0 Å². The molecule has 0 saturated carbocycles. The average molecular weight is 785 g/mol. The molecule has 0 unspecified atom stereocenters. The lowest BCUT2D eigenvalue weighted by Crippen LogP contribution is -1.92. The zero-order chi connectivity index (χ0) is 41.0. The molecule has 0 bridgehead atoms. The Labute approximate surface area is 361 Å². The molecule has 0 saturated heterocycles. The smallest absolute Gasteiger partial charge is 0.00262 e. The summed E-state index contributed by atoms with van der Waals surface area (Å²) in [7, 11) is 0. The number of rotatable bonds is 6. The molecular formula is C62H40. The highest BCUT2D eigenvalue weighted by molar-refractivity contribution is 6.23. The van der Waals surface area contributed by atoms with Crippen molar-refractivity contribution in [2.45, 2.75) is 0 Å². The minimum Gasteiger partial charge on any atom is -0.0622 e. The quantitative estimate of drug-likeness (QED) is 0.147. The van der Waals surface area contributed by atoms with Gasteiger partial charge in [0, 0.05) is 0 Å². The number of fused-ring (bicyclic) bond motifs is 5. The predicted octanol–water partition coefficient (Wildman–Crippen LogP) is 17.5. The van der Waals surface area contributed by atoms with E-state index in [1.54, 1.807) is 0 Å². The van der Waals surface area contributed by atoms with E-state index in [1.807, 2.05) is 0 Å². The molecule has 288 valence electrons. The van der Waals surface area contributed by atoms with Gasteiger partial charge in [-0.3, -0.25) is 0 Å². The van der Waals surface area contributed by atoms with Crippen LogP contribution < -0.4 is 0 Å². The van der Waals surface area contributed by atoms with E-state index in [0.29, 0.717) is 0 Å². The third-order valence-corrected chi connectivity index (χ3v) is 12.8. The summed E-state index contributed by atoms with van der Waals surface area (Å²) in [5, 5.41) is 12.6. The van der Waals surface area contributed by atoms with E-state index in [4.69, 9.17) is 0 Å². The van der Waals surface area contributed by atoms with Crippen LogP contribution in [0.4, 0.5) is 0 Å². The summed E-state index contributed by atoms with van der Waals surface area (Å²) in [6, 6.07) is 89.2. The lowest BCUT2D eigenvalue weighted by molar-refractivity contribution is 1.60. The fourth-order valence-electron chi connectivity index (χ4n) is 10.1. The standard InChI is InChI=1S/C62H40/c1-2-18-43(19-3-1)59-51-26-6-10-30-55(51)61(56-31-11-7-27-52(56)59)47-23-14-21-45(39-47)46-22-15-24-48(40-46)62-57-32-12-8-28-53(57)60(54-29-9-13-33-58(54)62)44-37-35-42(36-38-44)50-34-16-20-41-17-4-5-25-49(41)50/h1-40H. The fraction of sp³-hybridized carbons (Fsp3) is 0. The normalized spacial score (nSPS) is 11.5. The van der Waals surface area contributed by atoms with Gasteiger partial charge in [0.05, 0.1) is 0 Å². The Bertz CT molecular complexity index is 3550. The van der Waals surface area contributed by atoms with Crippen molar-refractivity contribution in [2.24, 2.45) is 0 Å². The van der Waals surface area contributed by atoms with Gasteiger partial charge in [-0.25, -0.2) is 0 Å². The van der Waals surface area contributed by atoms with Crippen molar-refractivity contribution in [3.05, 3.63) is 243 Å². The molecule has 62 heavy (non-hydrogen) atoms. The van der Waals surface area contributed by atoms with Crippen molar-refractivity contribution >= 4 is 53.9 Å². The van der Waals surface area contributed by atoms with Gasteiger partial charge in [0.2, 0.25) is 0 Å². The van der Waals surface area contributed by atoms with Crippen molar-refractivity contribution < 1.29 is 0 Å². The number of hydrogen-bond acceptors (Lipinski definition) is 0. The van der Waals surface area contributed by atoms with Gasteiger partial charge in [-0.15, -0.1) is 0 Å². The first-order valence-electron chi connectivity index (χ1n) is 21.5. The molecule has 0 amide bonds. The molecule has 0 aliphatic rings. The Morgan fingerprint density at radius 1 is 0.161 bits per heavy atom. The van der Waals surface area contributed by atoms with Crippen LogP contribution in [0.1, 0.15) is 0 Å². The predicted molar refractivity (Wildman–Crippen MR) is 267 cm³/mol. The monoisotopic (exact) mass is 784 g/mol. The molecule has 0 fully saturated rings. The molecule has 0 N–H and O–H groups in total. The summed E-state index contributed by atoms with van der Waals surface area (Å²) >= 11 is 0. The summed E-state index contributed by atoms with van der Waals surface area (Å²) in [6.07, 6.45) is 0. The van der Waals surface area contributed by atoms with E-state index in [9.17, 15) is 0 Å². The van der Waals surface area contributed by atoms with Crippen molar-refractivity contribution in [3.8, 4) is 66.8 Å². The lowest BCUT2D eigenvalue weighted by Gasteiger charge is -2.19. The van der Waals surface area contributed by atoms with Gasteiger partial charge < -0.3 is 0 Å². The van der Waals surface area contributed by atoms with Crippen LogP contribution in [0.5, 0.6) is 0 Å². The zero-order valence-corrected chi connectivity index (χ0v) is 34.1. The van der Waals surface area contributed by atoms with Crippen LogP contribution in [0.3, 0.4) is 0 Å². The summed E-state index contributed by atoms with van der Waals surface area (Å²) in [5.41, 5.74) is 14.8. The lowest BCUT2D eigenvalue weighted by atomic mass is 9.84. The third-order valence-electron chi connectivity index (χ3n) is 12.8. The van der Waals surface area contributed by atoms with Gasteiger partial charge in [-0.1, -0.05) is 231 Å². The summed E-state index contributed by atoms with van der Waals surface area (Å²) in [4.78, 5) is 0. The van der Waals surface area contributed by atoms with E-state index in [1.165, 1.54) is 121 Å². The molecule has 0 aliphatic heterocycles. The van der Waals surface area contributed by atoms with E-state index in [-0.39, 0.29) is 0 Å². The largest absolute Gasteiger partial charge is 0.0622 e. The Morgan fingerprint density at radius 3 is 0.903 bits per heavy atom. The van der Waals surface area contributed by atoms with Crippen molar-refractivity contribution in [3.63, 3.8) is 0 Å². The topological polar surface area (TPSA) is 0 Å². The number of hydrogen-bond donors (Lipinski definition) is 0. The van der Waals surface area contributed by atoms with Crippen LogP contribution in [0.15, 0.2) is 243 Å². The van der Waals surface area contributed by atoms with Gasteiger partial charge in [0.15, 0.2) is 0 Å². The molecule has 0 atom stereocenters. The molecule has 12 aromatic rings. The first-order chi connectivity index (χ1) is 30.8. The summed E-state index contributed by atoms with van der Waals surface area (Å²) in [5.74, 6) is 0. The molecule has 0 radical (unpaired) electrons. The highest BCUT2D eigenvalue weighted by Crippen LogP contribution is 2.47. The van der Waals surface area contributed by atoms with Gasteiger partial charge in [0.1, 0.15) is 0 Å². The molecule has 12 rings (SSSR count). The molecule has 0 nitrogen and oxygen atoms in total. The van der Waals surface area contributed by atoms with Gasteiger partial charge in [-0.05, 0) is 133 Å². The Hall–Kier alpha value is -8.06. The van der Waals surface area contributed by atoms with E-state index in [2.05, 4.69) is 243 Å². The van der Waals surface area contributed by atoms with Gasteiger partial charge >= 0.3 is 0 Å². The molecule has 0 heteroatoms. The molecule has 0 heterocycles. The SMILES string of the molecule is c1ccc(-c2c3ccccc3c(-c3cccc(-c4cccc(-c5c6ccccc6c(-c6ccc(-c7cccc8ccccc78)cc6)c6ccccc56)c4)c3)c3ccccc23)cc1. The first kappa shape index (κ1) is 35.8. The second-order valence-corrected chi connectivity index (χ2v) is 16.3. The molecule has 12 aromatic carbocycles. The van der Waals surface area contributed by atoms with E-state index in [0.717, 1.165) is 0 Å². The fourth-order valence-corrected chi connectivity index (χ4v) is 10.1. The van der Waals surface area contributed by atoms with Crippen LogP contribution in [-0.2, 0) is 0 Å². The maximum Gasteiger partial charge on any atom is -0.00262 e. The summed E-state index contributed by atoms with van der Waals surface area (Å²) in [6.45, 7) is 0. The second-order valence-electron chi connectivity index (χ2n) is 16.3. The van der Waals surface area contributed by atoms with E-state index >= 15 is 0 Å². The minimum absolute atomic E-state index is 1.19. The first-order valence-corrected chi connectivity index (χ1v) is 21.5. The van der Waals surface area contributed by atoms with Crippen LogP contribution in [0.2, 0.25) is 0 Å². The van der Waals surface area contributed by atoms with Crippen molar-refractivity contribution in [1.29, 1.82) is 0 Å². The van der Waals surface area contributed by atoms with Gasteiger partial charge in [-0.2, -0.15) is 0 Å². The average Bonchev–Trinajstić information content (AvgIpc) is 3.35. The maximum absolute atomic E-state index is 2.39. The number of benzene rings is 12. The van der Waals surface area contributed by atoms with E-state index < -0.39 is 0 Å². The Kier molecular flexibility index (Phi) is 8.61. The highest BCUT2D eigenvalue weighted by Gasteiger charge is 2.19.